The van der Waals surface area contributed by atoms with Crippen molar-refractivity contribution in [2.75, 3.05) is 5.32 Å². The van der Waals surface area contributed by atoms with Gasteiger partial charge in [0.2, 0.25) is 0 Å². The highest BCUT2D eigenvalue weighted by molar-refractivity contribution is 6.35. The van der Waals surface area contributed by atoms with Crippen LogP contribution in [0, 0.1) is 5.92 Å². The summed E-state index contributed by atoms with van der Waals surface area (Å²) in [7, 11) is 0. The van der Waals surface area contributed by atoms with Gasteiger partial charge in [-0.1, -0.05) is 53.6 Å². The van der Waals surface area contributed by atoms with Crippen molar-refractivity contribution in [1.82, 2.24) is 0 Å². The molecule has 2 aromatic rings. The summed E-state index contributed by atoms with van der Waals surface area (Å²) in [5.74, 6) is -0.0398. The first-order valence-electron chi connectivity index (χ1n) is 7.94. The molecule has 1 N–H and O–H groups in total. The second-order valence-corrected chi connectivity index (χ2v) is 7.25. The van der Waals surface area contributed by atoms with Gasteiger partial charge in [0.1, 0.15) is 0 Å². The normalized spacial score (nSPS) is 24.6. The van der Waals surface area contributed by atoms with Crippen LogP contribution in [0.5, 0.6) is 0 Å². The van der Waals surface area contributed by atoms with Crippen LogP contribution in [0.25, 0.3) is 0 Å². The molecule has 3 atom stereocenters. The van der Waals surface area contributed by atoms with Gasteiger partial charge in [-0.2, -0.15) is 13.2 Å². The Morgan fingerprint density at radius 3 is 2.60 bits per heavy atom. The van der Waals surface area contributed by atoms with Crippen molar-refractivity contribution in [2.45, 2.75) is 24.6 Å². The molecule has 6 heteroatoms. The number of hydrogen-bond donors (Lipinski definition) is 1. The Morgan fingerprint density at radius 1 is 1.08 bits per heavy atom. The van der Waals surface area contributed by atoms with E-state index in [1.807, 2.05) is 12.2 Å². The smallest absolute Gasteiger partial charge is 0.378 e. The molecule has 0 radical (unpaired) electrons. The minimum absolute atomic E-state index is 0.0188. The number of nitrogens with one attached hydrogen (secondary N) is 1. The minimum atomic E-state index is -4.40. The zero-order valence-corrected chi connectivity index (χ0v) is 14.5. The molecule has 0 saturated carbocycles. The van der Waals surface area contributed by atoms with E-state index in [1.54, 1.807) is 24.3 Å². The van der Waals surface area contributed by atoms with Crippen molar-refractivity contribution in [1.29, 1.82) is 0 Å². The van der Waals surface area contributed by atoms with Crippen LogP contribution in [0.4, 0.5) is 18.9 Å². The van der Waals surface area contributed by atoms with Crippen molar-refractivity contribution in [2.24, 2.45) is 5.92 Å². The maximum atomic E-state index is 13.5. The molecular weight excluding hydrogens is 370 g/mol. The Morgan fingerprint density at radius 2 is 1.84 bits per heavy atom. The van der Waals surface area contributed by atoms with Crippen LogP contribution in [0.15, 0.2) is 48.6 Å². The molecule has 1 nitrogen and oxygen atoms in total. The standard InChI is InChI=1S/C19H14Cl2F3N/c20-10-8-15(21)17-11-5-3-6-12(11)18(25-16(17)9-10)13-4-1-2-7-14(13)19(22,23)24/h1-5,7-9,11-12,18,25H,6H2/t11-,12+,18-/m1/s1. The highest BCUT2D eigenvalue weighted by Gasteiger charge is 2.43. The Hall–Kier alpha value is -1.65. The fourth-order valence-corrected chi connectivity index (χ4v) is 4.60. The summed E-state index contributed by atoms with van der Waals surface area (Å²) in [6, 6.07) is 8.69. The van der Waals surface area contributed by atoms with E-state index < -0.39 is 17.8 Å². The number of hydrogen-bond acceptors (Lipinski definition) is 1. The van der Waals surface area contributed by atoms with Gasteiger partial charge in [0.05, 0.1) is 11.6 Å². The van der Waals surface area contributed by atoms with Gasteiger partial charge in [-0.3, -0.25) is 0 Å². The van der Waals surface area contributed by atoms with E-state index in [0.29, 0.717) is 22.2 Å². The second kappa shape index (κ2) is 5.96. The monoisotopic (exact) mass is 383 g/mol. The van der Waals surface area contributed by atoms with Crippen LogP contribution in [-0.2, 0) is 6.18 Å². The SMILES string of the molecule is FC(F)(F)c1ccccc1[C@@H]1Nc2cc(Cl)cc(Cl)c2[C@@H]2C=CC[C@@H]21. The lowest BCUT2D eigenvalue weighted by molar-refractivity contribution is -0.138. The van der Waals surface area contributed by atoms with Gasteiger partial charge < -0.3 is 5.32 Å². The average Bonchev–Trinajstić information content (AvgIpc) is 3.02. The van der Waals surface area contributed by atoms with Gasteiger partial charge >= 0.3 is 6.18 Å². The molecule has 0 saturated heterocycles. The van der Waals surface area contributed by atoms with Crippen LogP contribution < -0.4 is 5.32 Å². The second-order valence-electron chi connectivity index (χ2n) is 6.41. The maximum Gasteiger partial charge on any atom is 0.416 e. The third-order valence-corrected chi connectivity index (χ3v) is 5.51. The first-order valence-corrected chi connectivity index (χ1v) is 8.70. The van der Waals surface area contributed by atoms with Crippen LogP contribution in [0.2, 0.25) is 10.0 Å². The quantitative estimate of drug-likeness (QED) is 0.531. The Bertz CT molecular complexity index is 860. The molecule has 1 aliphatic carbocycles. The largest absolute Gasteiger partial charge is 0.416 e. The zero-order valence-electron chi connectivity index (χ0n) is 12.9. The molecule has 2 aliphatic rings. The Labute approximate surface area is 153 Å². The van der Waals surface area contributed by atoms with Gasteiger partial charge in [-0.25, -0.2) is 0 Å². The van der Waals surface area contributed by atoms with E-state index in [4.69, 9.17) is 23.2 Å². The fraction of sp³-hybridized carbons (Fsp3) is 0.263. The number of allylic oxidation sites excluding steroid dienone is 2. The van der Waals surface area contributed by atoms with Crippen molar-refractivity contribution < 1.29 is 13.2 Å². The zero-order chi connectivity index (χ0) is 17.8. The van der Waals surface area contributed by atoms with Crippen LogP contribution >= 0.6 is 23.2 Å². The van der Waals surface area contributed by atoms with Gasteiger partial charge in [-0.05, 0) is 36.1 Å². The number of fused-ring (bicyclic) bond motifs is 3. The van der Waals surface area contributed by atoms with Gasteiger partial charge in [0.25, 0.3) is 0 Å². The number of halogens is 5. The molecule has 0 aromatic heterocycles. The third kappa shape index (κ3) is 2.81. The topological polar surface area (TPSA) is 12.0 Å². The highest BCUT2D eigenvalue weighted by Crippen LogP contribution is 2.53. The molecular formula is C19H14Cl2F3N. The van der Waals surface area contributed by atoms with Crippen molar-refractivity contribution in [3.63, 3.8) is 0 Å². The first kappa shape index (κ1) is 16.8. The summed E-state index contributed by atoms with van der Waals surface area (Å²) in [6.45, 7) is 0. The summed E-state index contributed by atoms with van der Waals surface area (Å²) in [4.78, 5) is 0. The lowest BCUT2D eigenvalue weighted by Crippen LogP contribution is -2.31. The van der Waals surface area contributed by atoms with E-state index in [2.05, 4.69) is 5.32 Å². The predicted molar refractivity (Wildman–Crippen MR) is 94.3 cm³/mol. The van der Waals surface area contributed by atoms with E-state index in [9.17, 15) is 13.2 Å². The molecule has 130 valence electrons. The number of anilines is 1. The van der Waals surface area contributed by atoms with E-state index >= 15 is 0 Å². The maximum absolute atomic E-state index is 13.5. The lowest BCUT2D eigenvalue weighted by atomic mass is 9.76. The number of benzene rings is 2. The summed E-state index contributed by atoms with van der Waals surface area (Å²) in [6.07, 6.45) is 0.354. The molecule has 2 aromatic carbocycles. The van der Waals surface area contributed by atoms with Crippen molar-refractivity contribution in [3.8, 4) is 0 Å². The van der Waals surface area contributed by atoms with Crippen LogP contribution in [-0.4, -0.2) is 0 Å². The Kier molecular flexibility index (Phi) is 4.00. The fourth-order valence-electron chi connectivity index (χ4n) is 3.98. The predicted octanol–water partition coefficient (Wildman–Crippen LogP) is 6.84. The molecule has 0 amide bonds. The highest BCUT2D eigenvalue weighted by atomic mass is 35.5. The molecule has 1 aliphatic heterocycles. The molecule has 4 rings (SSSR count). The van der Waals surface area contributed by atoms with Gasteiger partial charge in [0, 0.05) is 27.2 Å². The van der Waals surface area contributed by atoms with E-state index in [0.717, 1.165) is 11.6 Å². The molecule has 1 heterocycles. The van der Waals surface area contributed by atoms with E-state index in [1.165, 1.54) is 6.07 Å². The van der Waals surface area contributed by atoms with Gasteiger partial charge in [0.15, 0.2) is 0 Å². The molecule has 0 bridgehead atoms. The number of rotatable bonds is 1. The van der Waals surface area contributed by atoms with Crippen LogP contribution in [0.1, 0.15) is 35.1 Å². The molecule has 0 spiro atoms. The molecule has 25 heavy (non-hydrogen) atoms. The summed E-state index contributed by atoms with van der Waals surface area (Å²) < 4.78 is 40.5. The summed E-state index contributed by atoms with van der Waals surface area (Å²) in [5, 5.41) is 4.27. The first-order chi connectivity index (χ1) is 11.9. The third-order valence-electron chi connectivity index (χ3n) is 4.98. The summed E-state index contributed by atoms with van der Waals surface area (Å²) >= 11 is 12.5. The van der Waals surface area contributed by atoms with E-state index in [-0.39, 0.29) is 17.4 Å². The Balaban J connectivity index is 1.86. The number of alkyl halides is 3. The molecule has 0 unspecified atom stereocenters. The molecule has 0 fully saturated rings. The minimum Gasteiger partial charge on any atom is -0.378 e. The summed E-state index contributed by atoms with van der Waals surface area (Å²) in [5.41, 5.74) is 1.27. The van der Waals surface area contributed by atoms with Crippen LogP contribution in [0.3, 0.4) is 0 Å². The van der Waals surface area contributed by atoms with Crippen molar-refractivity contribution >= 4 is 28.9 Å². The van der Waals surface area contributed by atoms with Crippen molar-refractivity contribution in [3.05, 3.63) is 75.3 Å². The average molecular weight is 384 g/mol. The van der Waals surface area contributed by atoms with Gasteiger partial charge in [-0.15, -0.1) is 0 Å². The lowest BCUT2D eigenvalue weighted by Gasteiger charge is -2.39.